The molecule has 144 valence electrons. The van der Waals surface area contributed by atoms with Gasteiger partial charge in [-0.25, -0.2) is 0 Å². The van der Waals surface area contributed by atoms with Crippen molar-refractivity contribution in [1.82, 2.24) is 0 Å². The summed E-state index contributed by atoms with van der Waals surface area (Å²) in [5.41, 5.74) is 0. The molecule has 0 spiro atoms. The number of rotatable bonds is 0. The molecule has 0 atom stereocenters. The van der Waals surface area contributed by atoms with Gasteiger partial charge in [0, 0.05) is 0 Å². The second-order valence-electron chi connectivity index (χ2n) is 7.83. The van der Waals surface area contributed by atoms with E-state index in [2.05, 4.69) is 36.5 Å². The van der Waals surface area contributed by atoms with E-state index in [-0.39, 0.29) is 0 Å². The first-order valence-corrected chi connectivity index (χ1v) is 11.5. The Morgan fingerprint density at radius 3 is 0.760 bits per heavy atom. The molecule has 0 saturated carbocycles. The fourth-order valence-electron chi connectivity index (χ4n) is 3.65. The molecule has 0 aliphatic heterocycles. The van der Waals surface area contributed by atoms with Crippen molar-refractivity contribution in [2.24, 2.45) is 0 Å². The zero-order valence-electron chi connectivity index (χ0n) is 16.9. The Balaban J connectivity index is 2.14. The molecule has 0 aromatic carbocycles. The normalized spacial score (nSPS) is 24.6. The zero-order valence-corrected chi connectivity index (χ0v) is 16.9. The Bertz CT molecular complexity index is 302. The van der Waals surface area contributed by atoms with Gasteiger partial charge in [-0.1, -0.05) is 133 Å². The molecule has 0 heteroatoms. The van der Waals surface area contributed by atoms with E-state index in [1.165, 1.54) is 122 Å². The standard InChI is InChI=1S/C25H44/c1-2-4-6-8-10-12-14-16-18-20-22-24-25-23-21-19-17-15-13-11-9-7-5-3-1/h1-6H,7-25H2/b2-1+,5-3-,6-4?. The molecule has 0 aromatic heterocycles. The van der Waals surface area contributed by atoms with E-state index in [1.807, 2.05) is 0 Å². The maximum Gasteiger partial charge on any atom is -0.0348 e. The number of allylic oxidation sites excluding steroid dienone is 6. The monoisotopic (exact) mass is 344 g/mol. The lowest BCUT2D eigenvalue weighted by Gasteiger charge is -2.03. The minimum Gasteiger partial charge on any atom is -0.0845 e. The highest BCUT2D eigenvalue weighted by molar-refractivity contribution is 5.10. The summed E-state index contributed by atoms with van der Waals surface area (Å²) in [5.74, 6) is 0. The molecule has 0 bridgehead atoms. The smallest absolute Gasteiger partial charge is 0.0348 e. The van der Waals surface area contributed by atoms with Gasteiger partial charge < -0.3 is 0 Å². The van der Waals surface area contributed by atoms with Crippen molar-refractivity contribution in [3.8, 4) is 0 Å². The minimum atomic E-state index is 1.24. The average Bonchev–Trinajstić information content (AvgIpc) is 2.62. The van der Waals surface area contributed by atoms with Crippen molar-refractivity contribution in [1.29, 1.82) is 0 Å². The molecular formula is C25H44. The molecule has 0 radical (unpaired) electrons. The van der Waals surface area contributed by atoms with Crippen molar-refractivity contribution in [2.75, 3.05) is 0 Å². The Hall–Kier alpha value is -0.780. The summed E-state index contributed by atoms with van der Waals surface area (Å²) in [6, 6.07) is 0. The van der Waals surface area contributed by atoms with Crippen LogP contribution in [0.2, 0.25) is 0 Å². The second kappa shape index (κ2) is 19.5. The fourth-order valence-corrected chi connectivity index (χ4v) is 3.65. The van der Waals surface area contributed by atoms with Crippen LogP contribution in [0.1, 0.15) is 122 Å². The molecule has 25 heavy (non-hydrogen) atoms. The molecule has 0 fully saturated rings. The molecule has 0 saturated heterocycles. The van der Waals surface area contributed by atoms with Gasteiger partial charge in [0.15, 0.2) is 0 Å². The van der Waals surface area contributed by atoms with Gasteiger partial charge in [-0.15, -0.1) is 0 Å². The minimum absolute atomic E-state index is 1.24. The first kappa shape index (κ1) is 22.3. The Kier molecular flexibility index (Phi) is 17.4. The van der Waals surface area contributed by atoms with Crippen LogP contribution in [0, 0.1) is 0 Å². The van der Waals surface area contributed by atoms with Crippen LogP contribution in [0.3, 0.4) is 0 Å². The molecule has 0 amide bonds. The molecule has 0 unspecified atom stereocenters. The van der Waals surface area contributed by atoms with Crippen LogP contribution in [0.5, 0.6) is 0 Å². The summed E-state index contributed by atoms with van der Waals surface area (Å²) in [7, 11) is 0. The van der Waals surface area contributed by atoms with Crippen LogP contribution in [0.4, 0.5) is 0 Å². The average molecular weight is 345 g/mol. The molecule has 1 rings (SSSR count). The third-order valence-corrected chi connectivity index (χ3v) is 5.35. The quantitative estimate of drug-likeness (QED) is 0.411. The molecule has 1 aliphatic carbocycles. The van der Waals surface area contributed by atoms with Crippen LogP contribution < -0.4 is 0 Å². The van der Waals surface area contributed by atoms with E-state index < -0.39 is 0 Å². The largest absolute Gasteiger partial charge is 0.0845 e. The lowest BCUT2D eigenvalue weighted by Crippen LogP contribution is -1.84. The van der Waals surface area contributed by atoms with Gasteiger partial charge in [0.1, 0.15) is 0 Å². The van der Waals surface area contributed by atoms with Crippen LogP contribution >= 0.6 is 0 Å². The summed E-state index contributed by atoms with van der Waals surface area (Å²) in [5, 5.41) is 0. The molecule has 0 aromatic rings. The first-order valence-electron chi connectivity index (χ1n) is 11.5. The SMILES string of the molecule is C1=CCCCCCCCCCCCCCCCCCCC/C=C\C=C\1. The number of hydrogen-bond donors (Lipinski definition) is 0. The van der Waals surface area contributed by atoms with Crippen molar-refractivity contribution in [3.63, 3.8) is 0 Å². The molecule has 1 aliphatic rings. The van der Waals surface area contributed by atoms with E-state index >= 15 is 0 Å². The van der Waals surface area contributed by atoms with Crippen LogP contribution in [0.25, 0.3) is 0 Å². The van der Waals surface area contributed by atoms with Gasteiger partial charge in [-0.05, 0) is 25.7 Å². The Morgan fingerprint density at radius 2 is 0.480 bits per heavy atom. The summed E-state index contributed by atoms with van der Waals surface area (Å²) < 4.78 is 0. The van der Waals surface area contributed by atoms with E-state index in [0.29, 0.717) is 0 Å². The lowest BCUT2D eigenvalue weighted by atomic mass is 10.0. The van der Waals surface area contributed by atoms with Gasteiger partial charge in [0.05, 0.1) is 0 Å². The van der Waals surface area contributed by atoms with E-state index in [1.54, 1.807) is 0 Å². The zero-order chi connectivity index (χ0) is 17.7. The predicted molar refractivity (Wildman–Crippen MR) is 115 cm³/mol. The molecule has 0 nitrogen and oxygen atoms in total. The topological polar surface area (TPSA) is 0 Å². The summed E-state index contributed by atoms with van der Waals surface area (Å²) in [4.78, 5) is 0. The lowest BCUT2D eigenvalue weighted by molar-refractivity contribution is 0.526. The van der Waals surface area contributed by atoms with E-state index in [9.17, 15) is 0 Å². The van der Waals surface area contributed by atoms with Gasteiger partial charge in [0.25, 0.3) is 0 Å². The molecular weight excluding hydrogens is 300 g/mol. The first-order chi connectivity index (χ1) is 12.5. The predicted octanol–water partition coefficient (Wildman–Crippen LogP) is 9.08. The Labute approximate surface area is 158 Å². The summed E-state index contributed by atoms with van der Waals surface area (Å²) in [6.45, 7) is 0. The summed E-state index contributed by atoms with van der Waals surface area (Å²) >= 11 is 0. The number of hydrogen-bond acceptors (Lipinski definition) is 0. The van der Waals surface area contributed by atoms with Crippen molar-refractivity contribution in [2.45, 2.75) is 122 Å². The highest BCUT2D eigenvalue weighted by Crippen LogP contribution is 2.14. The molecule has 0 heterocycles. The van der Waals surface area contributed by atoms with E-state index in [0.717, 1.165) is 0 Å². The highest BCUT2D eigenvalue weighted by Gasteiger charge is 1.95. The van der Waals surface area contributed by atoms with Gasteiger partial charge in [-0.2, -0.15) is 0 Å². The van der Waals surface area contributed by atoms with Crippen LogP contribution in [-0.4, -0.2) is 0 Å². The van der Waals surface area contributed by atoms with Crippen molar-refractivity contribution >= 4 is 0 Å². The van der Waals surface area contributed by atoms with Gasteiger partial charge >= 0.3 is 0 Å². The fraction of sp³-hybridized carbons (Fsp3) is 0.760. The van der Waals surface area contributed by atoms with Crippen molar-refractivity contribution < 1.29 is 0 Å². The third kappa shape index (κ3) is 17.8. The van der Waals surface area contributed by atoms with Gasteiger partial charge in [0.2, 0.25) is 0 Å². The third-order valence-electron chi connectivity index (χ3n) is 5.35. The second-order valence-corrected chi connectivity index (χ2v) is 7.83. The van der Waals surface area contributed by atoms with Crippen LogP contribution in [0.15, 0.2) is 36.5 Å². The maximum atomic E-state index is 2.33. The highest BCUT2D eigenvalue weighted by atomic mass is 14.0. The molecule has 0 N–H and O–H groups in total. The van der Waals surface area contributed by atoms with Gasteiger partial charge in [-0.3, -0.25) is 0 Å². The maximum absolute atomic E-state index is 2.33. The summed E-state index contributed by atoms with van der Waals surface area (Å²) in [6.07, 6.45) is 40.5. The van der Waals surface area contributed by atoms with Crippen LogP contribution in [-0.2, 0) is 0 Å². The Morgan fingerprint density at radius 1 is 0.240 bits per heavy atom. The van der Waals surface area contributed by atoms with E-state index in [4.69, 9.17) is 0 Å². The van der Waals surface area contributed by atoms with Crippen molar-refractivity contribution in [3.05, 3.63) is 36.5 Å².